The van der Waals surface area contributed by atoms with Crippen LogP contribution >= 0.6 is 0 Å². The van der Waals surface area contributed by atoms with Crippen molar-refractivity contribution in [1.29, 1.82) is 0 Å². The Labute approximate surface area is 152 Å². The van der Waals surface area contributed by atoms with Crippen molar-refractivity contribution in [3.8, 4) is 0 Å². The Bertz CT molecular complexity index is 625. The molecule has 0 aromatic heterocycles. The highest BCUT2D eigenvalue weighted by Gasteiger charge is 2.47. The van der Waals surface area contributed by atoms with Crippen LogP contribution in [0.5, 0.6) is 0 Å². The van der Waals surface area contributed by atoms with Crippen LogP contribution in [0.3, 0.4) is 0 Å². The zero-order valence-electron chi connectivity index (χ0n) is 15.3. The van der Waals surface area contributed by atoms with Gasteiger partial charge in [-0.2, -0.15) is 4.31 Å². The van der Waals surface area contributed by atoms with Crippen molar-refractivity contribution < 1.29 is 23.6 Å². The maximum Gasteiger partial charge on any atom is 0.335 e. The lowest BCUT2D eigenvalue weighted by molar-refractivity contribution is -0.137. The van der Waals surface area contributed by atoms with Crippen molar-refractivity contribution >= 4 is 25.0 Å². The number of benzene rings is 1. The summed E-state index contributed by atoms with van der Waals surface area (Å²) in [5.74, 6) is -0.962. The van der Waals surface area contributed by atoms with E-state index in [4.69, 9.17) is 14.6 Å². The van der Waals surface area contributed by atoms with Gasteiger partial charge in [-0.05, 0) is 23.7 Å². The van der Waals surface area contributed by atoms with Crippen LogP contribution in [-0.2, 0) is 26.0 Å². The first-order valence-electron chi connectivity index (χ1n) is 8.26. The lowest BCUT2D eigenvalue weighted by Gasteiger charge is -2.48. The Kier molecular flexibility index (Phi) is 6.55. The molecular weight excluding hydrogens is 358 g/mol. The van der Waals surface area contributed by atoms with E-state index < -0.39 is 30.6 Å². The Balaban J connectivity index is 2.13. The number of aromatic carboxylic acids is 1. The Morgan fingerprint density at radius 3 is 2.32 bits per heavy atom. The average molecular weight is 386 g/mol. The molecule has 1 unspecified atom stereocenters. The van der Waals surface area contributed by atoms with Gasteiger partial charge in [0.05, 0.1) is 29.8 Å². The summed E-state index contributed by atoms with van der Waals surface area (Å²) in [6.45, 7) is 8.61. The summed E-state index contributed by atoms with van der Waals surface area (Å²) < 4.78 is 25.4. The molecule has 8 heteroatoms. The maximum absolute atomic E-state index is 12.3. The molecule has 1 aromatic carbocycles. The first-order valence-corrected chi connectivity index (χ1v) is 13.5. The second-order valence-electron chi connectivity index (χ2n) is 7.56. The monoisotopic (exact) mass is 385 g/mol. The largest absolute Gasteiger partial charge is 0.478 e. The zero-order valence-corrected chi connectivity index (χ0v) is 17.1. The molecule has 1 aliphatic heterocycles. The van der Waals surface area contributed by atoms with E-state index in [0.29, 0.717) is 19.8 Å². The third kappa shape index (κ3) is 4.98. The van der Waals surface area contributed by atoms with E-state index >= 15 is 0 Å². The summed E-state index contributed by atoms with van der Waals surface area (Å²) in [7, 11) is -2.41. The molecule has 1 aliphatic rings. The van der Waals surface area contributed by atoms with E-state index in [9.17, 15) is 9.00 Å². The average Bonchev–Trinajstić information content (AvgIpc) is 2.47. The minimum absolute atomic E-state index is 0.231. The molecule has 0 spiro atoms. The van der Waals surface area contributed by atoms with E-state index in [2.05, 4.69) is 19.6 Å². The van der Waals surface area contributed by atoms with Crippen molar-refractivity contribution in [2.45, 2.75) is 31.2 Å². The van der Waals surface area contributed by atoms with Crippen molar-refractivity contribution in [3.05, 3.63) is 35.4 Å². The standard InChI is InChI=1S/C17H27NO5SSi/c1-24(21)18(13-22-9-10-25(2,3)4)17(11-23-12-17)15-7-5-14(6-8-15)16(19)20/h5-8H,9-13H2,1-4H3,(H,19,20). The molecule has 6 nitrogen and oxygen atoms in total. The molecule has 2 rings (SSSR count). The smallest absolute Gasteiger partial charge is 0.335 e. The molecule has 25 heavy (non-hydrogen) atoms. The molecule has 0 bridgehead atoms. The van der Waals surface area contributed by atoms with Gasteiger partial charge < -0.3 is 14.6 Å². The van der Waals surface area contributed by atoms with Gasteiger partial charge in [-0.1, -0.05) is 31.8 Å². The molecule has 0 radical (unpaired) electrons. The first kappa shape index (κ1) is 20.3. The molecule has 1 heterocycles. The highest BCUT2D eigenvalue weighted by molar-refractivity contribution is 7.81. The molecule has 0 aliphatic carbocycles. The van der Waals surface area contributed by atoms with Crippen molar-refractivity contribution in [1.82, 2.24) is 4.31 Å². The van der Waals surface area contributed by atoms with Crippen LogP contribution < -0.4 is 0 Å². The van der Waals surface area contributed by atoms with E-state index in [-0.39, 0.29) is 12.3 Å². The molecule has 1 atom stereocenters. The van der Waals surface area contributed by atoms with Crippen LogP contribution in [-0.4, -0.2) is 60.5 Å². The van der Waals surface area contributed by atoms with Crippen molar-refractivity contribution in [3.63, 3.8) is 0 Å². The van der Waals surface area contributed by atoms with Gasteiger partial charge in [0, 0.05) is 20.9 Å². The minimum atomic E-state index is -1.24. The Hall–Kier alpha value is -1.06. The SMILES string of the molecule is CS(=O)N(COCC[Si](C)(C)C)C1(c2ccc(C(=O)O)cc2)COC1. The van der Waals surface area contributed by atoms with E-state index in [1.165, 1.54) is 0 Å². The molecule has 1 aromatic rings. The summed E-state index contributed by atoms with van der Waals surface area (Å²) in [5.41, 5.74) is 0.595. The van der Waals surface area contributed by atoms with Crippen LogP contribution in [0.1, 0.15) is 15.9 Å². The number of hydrogen-bond acceptors (Lipinski definition) is 4. The molecule has 0 amide bonds. The predicted molar refractivity (Wildman–Crippen MR) is 101 cm³/mol. The molecule has 1 saturated heterocycles. The van der Waals surface area contributed by atoms with Crippen LogP contribution in [0, 0.1) is 0 Å². The summed E-state index contributed by atoms with van der Waals surface area (Å²) in [6, 6.07) is 7.73. The van der Waals surface area contributed by atoms with E-state index in [0.717, 1.165) is 11.6 Å². The predicted octanol–water partition coefficient (Wildman–Crippen LogP) is 2.52. The van der Waals surface area contributed by atoms with Gasteiger partial charge in [0.2, 0.25) is 0 Å². The quantitative estimate of drug-likeness (QED) is 0.402. The van der Waals surface area contributed by atoms with Crippen molar-refractivity contribution in [2.24, 2.45) is 0 Å². The first-order chi connectivity index (χ1) is 11.7. The van der Waals surface area contributed by atoms with Gasteiger partial charge in [-0.15, -0.1) is 0 Å². The van der Waals surface area contributed by atoms with E-state index in [1.54, 1.807) is 34.8 Å². The fraction of sp³-hybridized carbons (Fsp3) is 0.588. The second kappa shape index (κ2) is 8.09. The third-order valence-corrected chi connectivity index (χ3v) is 7.12. The summed E-state index contributed by atoms with van der Waals surface area (Å²) in [4.78, 5) is 11.0. The van der Waals surface area contributed by atoms with Crippen LogP contribution in [0.25, 0.3) is 0 Å². The maximum atomic E-state index is 12.3. The van der Waals surface area contributed by atoms with Gasteiger partial charge in [-0.25, -0.2) is 9.00 Å². The van der Waals surface area contributed by atoms with Gasteiger partial charge in [0.1, 0.15) is 12.3 Å². The Morgan fingerprint density at radius 2 is 1.92 bits per heavy atom. The summed E-state index contributed by atoms with van der Waals surface area (Å²) >= 11 is 0. The molecular formula is C17H27NO5SSi. The summed E-state index contributed by atoms with van der Waals surface area (Å²) in [5, 5.41) is 9.06. The minimum Gasteiger partial charge on any atom is -0.478 e. The number of carboxylic acids is 1. The molecule has 1 fully saturated rings. The number of hydrogen-bond donors (Lipinski definition) is 1. The van der Waals surface area contributed by atoms with Gasteiger partial charge >= 0.3 is 5.97 Å². The van der Waals surface area contributed by atoms with Gasteiger partial charge in [-0.3, -0.25) is 0 Å². The lowest BCUT2D eigenvalue weighted by Crippen LogP contribution is -2.60. The number of nitrogens with zero attached hydrogens (tertiary/aromatic N) is 1. The normalized spacial score (nSPS) is 18.0. The Morgan fingerprint density at radius 1 is 1.32 bits per heavy atom. The molecule has 1 N–H and O–H groups in total. The third-order valence-electron chi connectivity index (χ3n) is 4.34. The number of ether oxygens (including phenoxy) is 2. The lowest BCUT2D eigenvalue weighted by atomic mass is 9.87. The molecule has 0 saturated carbocycles. The molecule has 140 valence electrons. The zero-order chi connectivity index (χ0) is 18.7. The number of carboxylic acid groups (broad SMARTS) is 1. The second-order valence-corrected chi connectivity index (χ2v) is 14.5. The fourth-order valence-electron chi connectivity index (χ4n) is 2.64. The van der Waals surface area contributed by atoms with Crippen LogP contribution in [0.4, 0.5) is 0 Å². The number of rotatable bonds is 9. The highest BCUT2D eigenvalue weighted by Crippen LogP contribution is 2.37. The number of carbonyl (C=O) groups is 1. The van der Waals surface area contributed by atoms with Gasteiger partial charge in [0.25, 0.3) is 0 Å². The summed E-state index contributed by atoms with van der Waals surface area (Å²) in [6.07, 6.45) is 1.63. The topological polar surface area (TPSA) is 76.1 Å². The van der Waals surface area contributed by atoms with Crippen LogP contribution in [0.15, 0.2) is 24.3 Å². The van der Waals surface area contributed by atoms with Crippen molar-refractivity contribution in [2.75, 3.05) is 32.8 Å². The van der Waals surface area contributed by atoms with E-state index in [1.807, 2.05) is 0 Å². The fourth-order valence-corrected chi connectivity index (χ4v) is 4.33. The highest BCUT2D eigenvalue weighted by atomic mass is 32.2. The van der Waals surface area contributed by atoms with Gasteiger partial charge in [0.15, 0.2) is 0 Å². The van der Waals surface area contributed by atoms with Crippen LogP contribution in [0.2, 0.25) is 25.7 Å².